The van der Waals surface area contributed by atoms with Gasteiger partial charge < -0.3 is 14.4 Å². The normalized spacial score (nSPS) is 14.6. The average molecular weight is 474 g/mol. The molecule has 0 aromatic heterocycles. The van der Waals surface area contributed by atoms with Crippen molar-refractivity contribution in [3.05, 3.63) is 58.1 Å². The van der Waals surface area contributed by atoms with Crippen molar-refractivity contribution in [1.82, 2.24) is 10.3 Å². The molecule has 0 radical (unpaired) electrons. The van der Waals surface area contributed by atoms with Crippen molar-refractivity contribution in [2.45, 2.75) is 12.8 Å². The second-order valence-electron chi connectivity index (χ2n) is 6.96. The van der Waals surface area contributed by atoms with Crippen LogP contribution < -0.4 is 14.9 Å². The number of carbonyl (C=O) groups is 2. The lowest BCUT2D eigenvalue weighted by Crippen LogP contribution is -2.42. The summed E-state index contributed by atoms with van der Waals surface area (Å²) in [7, 11) is 3.10. The van der Waals surface area contributed by atoms with E-state index in [1.165, 1.54) is 0 Å². The summed E-state index contributed by atoms with van der Waals surface area (Å²) >= 11 is 3.40. The number of halogens is 1. The molecule has 2 aromatic carbocycles. The molecule has 158 valence electrons. The van der Waals surface area contributed by atoms with E-state index in [4.69, 9.17) is 9.47 Å². The summed E-state index contributed by atoms with van der Waals surface area (Å²) in [6.07, 6.45) is 2.79. The van der Waals surface area contributed by atoms with Crippen LogP contribution in [-0.2, 0) is 4.79 Å². The molecule has 0 unspecified atom stereocenters. The Morgan fingerprint density at radius 1 is 1.10 bits per heavy atom. The minimum Gasteiger partial charge on any atom is -0.497 e. The van der Waals surface area contributed by atoms with E-state index >= 15 is 0 Å². The van der Waals surface area contributed by atoms with Crippen LogP contribution in [0.4, 0.5) is 0 Å². The molecule has 1 aliphatic heterocycles. The zero-order valence-electron chi connectivity index (χ0n) is 16.9. The van der Waals surface area contributed by atoms with Crippen LogP contribution in [0.15, 0.2) is 52.0 Å². The first-order chi connectivity index (χ1) is 14.5. The van der Waals surface area contributed by atoms with Gasteiger partial charge in [0.1, 0.15) is 11.5 Å². The van der Waals surface area contributed by atoms with E-state index in [-0.39, 0.29) is 17.7 Å². The van der Waals surface area contributed by atoms with E-state index in [0.717, 1.165) is 10.0 Å². The van der Waals surface area contributed by atoms with E-state index in [1.54, 1.807) is 43.5 Å². The number of carbonyl (C=O) groups excluding carboxylic acids is 2. The van der Waals surface area contributed by atoms with Crippen LogP contribution in [0.25, 0.3) is 0 Å². The number of rotatable bonds is 6. The number of hydrogen-bond donors (Lipinski definition) is 1. The van der Waals surface area contributed by atoms with Crippen molar-refractivity contribution in [2.24, 2.45) is 11.0 Å². The van der Waals surface area contributed by atoms with Gasteiger partial charge in [0.25, 0.3) is 5.91 Å². The molecule has 7 nitrogen and oxygen atoms in total. The monoisotopic (exact) mass is 473 g/mol. The first-order valence-electron chi connectivity index (χ1n) is 9.61. The topological polar surface area (TPSA) is 80.2 Å². The van der Waals surface area contributed by atoms with Crippen molar-refractivity contribution in [1.29, 1.82) is 0 Å². The number of methoxy groups -OCH3 is 2. The molecule has 3 rings (SSSR count). The molecule has 0 aliphatic carbocycles. The Balaban J connectivity index is 1.54. The van der Waals surface area contributed by atoms with Gasteiger partial charge in [0.15, 0.2) is 0 Å². The zero-order chi connectivity index (χ0) is 21.5. The summed E-state index contributed by atoms with van der Waals surface area (Å²) in [5.41, 5.74) is 4.00. The van der Waals surface area contributed by atoms with Gasteiger partial charge in [-0.2, -0.15) is 5.10 Å². The maximum atomic E-state index is 12.9. The number of hydrogen-bond acceptors (Lipinski definition) is 5. The van der Waals surface area contributed by atoms with E-state index in [2.05, 4.69) is 26.5 Å². The Kier molecular flexibility index (Phi) is 7.46. The third-order valence-corrected chi connectivity index (χ3v) is 5.48. The third kappa shape index (κ3) is 5.60. The molecule has 2 amide bonds. The lowest BCUT2D eigenvalue weighted by molar-refractivity contribution is -0.126. The van der Waals surface area contributed by atoms with Crippen LogP contribution in [0.1, 0.15) is 28.8 Å². The van der Waals surface area contributed by atoms with Crippen molar-refractivity contribution in [3.63, 3.8) is 0 Å². The largest absolute Gasteiger partial charge is 0.497 e. The molecule has 0 bridgehead atoms. The second kappa shape index (κ2) is 10.2. The maximum absolute atomic E-state index is 12.9. The Morgan fingerprint density at radius 3 is 2.37 bits per heavy atom. The van der Waals surface area contributed by atoms with E-state index < -0.39 is 0 Å². The first-order valence-corrected chi connectivity index (χ1v) is 10.4. The van der Waals surface area contributed by atoms with E-state index in [1.807, 2.05) is 24.3 Å². The quantitative estimate of drug-likeness (QED) is 0.514. The second-order valence-corrected chi connectivity index (χ2v) is 7.87. The van der Waals surface area contributed by atoms with Crippen LogP contribution in [0.2, 0.25) is 0 Å². The molecule has 1 fully saturated rings. The number of hydrazone groups is 1. The fourth-order valence-corrected chi connectivity index (χ4v) is 3.72. The number of nitrogens with one attached hydrogen (secondary N) is 1. The molecule has 1 heterocycles. The number of amides is 2. The molecule has 30 heavy (non-hydrogen) atoms. The number of nitrogens with zero attached hydrogens (tertiary/aromatic N) is 2. The van der Waals surface area contributed by atoms with E-state index in [9.17, 15) is 9.59 Å². The zero-order valence-corrected chi connectivity index (χ0v) is 18.5. The Bertz CT molecular complexity index is 917. The van der Waals surface area contributed by atoms with Gasteiger partial charge in [0.2, 0.25) is 5.91 Å². The van der Waals surface area contributed by atoms with Crippen LogP contribution in [0.5, 0.6) is 11.5 Å². The summed E-state index contributed by atoms with van der Waals surface area (Å²) < 4.78 is 11.4. The Hall–Kier alpha value is -2.87. The predicted molar refractivity (Wildman–Crippen MR) is 118 cm³/mol. The van der Waals surface area contributed by atoms with Gasteiger partial charge in [0, 0.05) is 35.1 Å². The Morgan fingerprint density at radius 2 is 1.77 bits per heavy atom. The van der Waals surface area contributed by atoms with Crippen LogP contribution in [-0.4, -0.2) is 50.2 Å². The van der Waals surface area contributed by atoms with Gasteiger partial charge in [0.05, 0.1) is 20.4 Å². The van der Waals surface area contributed by atoms with Crippen molar-refractivity contribution >= 4 is 34.0 Å². The minimum atomic E-state index is -0.173. The summed E-state index contributed by atoms with van der Waals surface area (Å²) in [6, 6.07) is 12.7. The Labute approximate surface area is 184 Å². The van der Waals surface area contributed by atoms with Gasteiger partial charge in [-0.25, -0.2) is 5.43 Å². The molecule has 8 heteroatoms. The molecule has 1 N–H and O–H groups in total. The molecule has 2 aromatic rings. The van der Waals surface area contributed by atoms with Crippen molar-refractivity contribution < 1.29 is 19.1 Å². The first kappa shape index (κ1) is 21.8. The lowest BCUT2D eigenvalue weighted by atomic mass is 9.95. The standard InChI is InChI=1S/C22H24BrN3O4/c1-29-19-11-17(12-20(13-19)30-2)22(28)26-8-6-16(7-9-26)21(27)25-24-14-15-4-3-5-18(23)10-15/h3-5,10-14,16H,6-9H2,1-2H3,(H,25,27)/b24-14-. The number of benzene rings is 2. The fraction of sp³-hybridized carbons (Fsp3) is 0.318. The molecular weight excluding hydrogens is 450 g/mol. The van der Waals surface area contributed by atoms with Crippen molar-refractivity contribution in [2.75, 3.05) is 27.3 Å². The highest BCUT2D eigenvalue weighted by atomic mass is 79.9. The maximum Gasteiger partial charge on any atom is 0.254 e. The van der Waals surface area contributed by atoms with Gasteiger partial charge >= 0.3 is 0 Å². The SMILES string of the molecule is COc1cc(OC)cc(C(=O)N2CCC(C(=O)N/N=C\c3cccc(Br)c3)CC2)c1. The fourth-order valence-electron chi connectivity index (χ4n) is 3.31. The lowest BCUT2D eigenvalue weighted by Gasteiger charge is -2.31. The predicted octanol–water partition coefficient (Wildman–Crippen LogP) is 3.47. The molecule has 1 aliphatic rings. The molecule has 0 spiro atoms. The third-order valence-electron chi connectivity index (χ3n) is 4.99. The number of likely N-dealkylation sites (tertiary alicyclic amines) is 1. The number of ether oxygens (including phenoxy) is 2. The highest BCUT2D eigenvalue weighted by molar-refractivity contribution is 9.10. The van der Waals surface area contributed by atoms with Gasteiger partial charge in [-0.1, -0.05) is 28.1 Å². The smallest absolute Gasteiger partial charge is 0.254 e. The summed E-state index contributed by atoms with van der Waals surface area (Å²) in [5, 5.41) is 4.04. The van der Waals surface area contributed by atoms with Gasteiger partial charge in [-0.05, 0) is 42.7 Å². The molecular formula is C22H24BrN3O4. The summed E-state index contributed by atoms with van der Waals surface area (Å²) in [4.78, 5) is 27.0. The van der Waals surface area contributed by atoms with Crippen LogP contribution in [0, 0.1) is 5.92 Å². The molecule has 0 saturated carbocycles. The minimum absolute atomic E-state index is 0.0984. The van der Waals surface area contributed by atoms with Crippen LogP contribution >= 0.6 is 15.9 Å². The highest BCUT2D eigenvalue weighted by Crippen LogP contribution is 2.25. The molecule has 0 atom stereocenters. The van der Waals surface area contributed by atoms with Crippen molar-refractivity contribution in [3.8, 4) is 11.5 Å². The van der Waals surface area contributed by atoms with Gasteiger partial charge in [-0.15, -0.1) is 0 Å². The summed E-state index contributed by atoms with van der Waals surface area (Å²) in [5.74, 6) is 0.731. The average Bonchev–Trinajstić information content (AvgIpc) is 2.78. The van der Waals surface area contributed by atoms with Gasteiger partial charge in [-0.3, -0.25) is 9.59 Å². The van der Waals surface area contributed by atoms with E-state index in [0.29, 0.717) is 43.0 Å². The van der Waals surface area contributed by atoms with Crippen LogP contribution in [0.3, 0.4) is 0 Å². The summed E-state index contributed by atoms with van der Waals surface area (Å²) in [6.45, 7) is 1.01. The number of piperidine rings is 1. The highest BCUT2D eigenvalue weighted by Gasteiger charge is 2.28. The molecule has 1 saturated heterocycles.